The molecule has 1 heterocycles. The number of thioether (sulfide) groups is 1. The molecular formula is C16H25NS. The van der Waals surface area contributed by atoms with Gasteiger partial charge in [-0.3, -0.25) is 0 Å². The number of nitrogens with one attached hydrogen (secondary N) is 1. The van der Waals surface area contributed by atoms with E-state index in [0.717, 1.165) is 12.5 Å². The summed E-state index contributed by atoms with van der Waals surface area (Å²) in [5, 5.41) is 3.78. The molecule has 18 heavy (non-hydrogen) atoms. The normalized spacial score (nSPS) is 21.2. The summed E-state index contributed by atoms with van der Waals surface area (Å²) in [6.07, 6.45) is 2.57. The predicted octanol–water partition coefficient (Wildman–Crippen LogP) is 4.10. The van der Waals surface area contributed by atoms with Gasteiger partial charge in [-0.25, -0.2) is 0 Å². The molecule has 0 radical (unpaired) electrons. The minimum absolute atomic E-state index is 0.555. The second-order valence-corrected chi connectivity index (χ2v) is 6.57. The second kappa shape index (κ2) is 6.63. The summed E-state index contributed by atoms with van der Waals surface area (Å²) in [7, 11) is 0. The van der Waals surface area contributed by atoms with Gasteiger partial charge in [-0.15, -0.1) is 0 Å². The average molecular weight is 263 g/mol. The molecule has 1 nitrogen and oxygen atoms in total. The largest absolute Gasteiger partial charge is 0.310 e. The Hall–Kier alpha value is -0.470. The number of benzene rings is 1. The van der Waals surface area contributed by atoms with Gasteiger partial charge in [0.2, 0.25) is 0 Å². The molecule has 0 bridgehead atoms. The van der Waals surface area contributed by atoms with Crippen LogP contribution in [0.15, 0.2) is 18.2 Å². The molecule has 0 amide bonds. The zero-order chi connectivity index (χ0) is 13.0. The maximum absolute atomic E-state index is 3.78. The fraction of sp³-hybridized carbons (Fsp3) is 0.625. The minimum Gasteiger partial charge on any atom is -0.310 e. The van der Waals surface area contributed by atoms with Crippen molar-refractivity contribution in [3.63, 3.8) is 0 Å². The summed E-state index contributed by atoms with van der Waals surface area (Å²) in [4.78, 5) is 0. The van der Waals surface area contributed by atoms with Crippen molar-refractivity contribution in [3.8, 4) is 0 Å². The van der Waals surface area contributed by atoms with E-state index in [2.05, 4.69) is 56.0 Å². The van der Waals surface area contributed by atoms with Crippen LogP contribution in [0, 0.1) is 19.8 Å². The van der Waals surface area contributed by atoms with E-state index in [4.69, 9.17) is 0 Å². The molecule has 0 saturated carbocycles. The molecule has 1 aromatic rings. The van der Waals surface area contributed by atoms with Gasteiger partial charge < -0.3 is 5.32 Å². The highest BCUT2D eigenvalue weighted by molar-refractivity contribution is 7.99. The summed E-state index contributed by atoms with van der Waals surface area (Å²) in [5.74, 6) is 3.45. The molecule has 1 aromatic carbocycles. The zero-order valence-electron chi connectivity index (χ0n) is 11.8. The Morgan fingerprint density at radius 1 is 1.39 bits per heavy atom. The molecule has 0 aromatic heterocycles. The first-order valence-electron chi connectivity index (χ1n) is 7.10. The molecular weight excluding hydrogens is 238 g/mol. The van der Waals surface area contributed by atoms with Gasteiger partial charge in [0.25, 0.3) is 0 Å². The Balaban J connectivity index is 2.23. The molecule has 2 rings (SSSR count). The Bertz CT molecular complexity index is 383. The molecule has 1 aliphatic rings. The zero-order valence-corrected chi connectivity index (χ0v) is 12.6. The highest BCUT2D eigenvalue weighted by atomic mass is 32.2. The summed E-state index contributed by atoms with van der Waals surface area (Å²) >= 11 is 2.11. The highest BCUT2D eigenvalue weighted by Gasteiger charge is 2.27. The fourth-order valence-corrected chi connectivity index (χ4v) is 4.04. The number of rotatable bonds is 5. The molecule has 0 spiro atoms. The van der Waals surface area contributed by atoms with Gasteiger partial charge in [-0.2, -0.15) is 11.8 Å². The van der Waals surface area contributed by atoms with Crippen molar-refractivity contribution in [2.24, 2.45) is 5.92 Å². The van der Waals surface area contributed by atoms with E-state index in [0.29, 0.717) is 6.04 Å². The van der Waals surface area contributed by atoms with Crippen LogP contribution >= 0.6 is 11.8 Å². The van der Waals surface area contributed by atoms with E-state index in [-0.39, 0.29) is 0 Å². The van der Waals surface area contributed by atoms with Crippen LogP contribution in [0.5, 0.6) is 0 Å². The van der Waals surface area contributed by atoms with Gasteiger partial charge in [-0.1, -0.05) is 30.7 Å². The van der Waals surface area contributed by atoms with Crippen molar-refractivity contribution in [1.29, 1.82) is 0 Å². The molecule has 0 aliphatic carbocycles. The van der Waals surface area contributed by atoms with E-state index in [1.54, 1.807) is 0 Å². The lowest BCUT2D eigenvalue weighted by Gasteiger charge is -2.26. The van der Waals surface area contributed by atoms with E-state index >= 15 is 0 Å². The van der Waals surface area contributed by atoms with Crippen LogP contribution in [-0.2, 0) is 0 Å². The SMILES string of the molecule is CCCNC(c1cc(C)ccc1C)C1CCSC1. The van der Waals surface area contributed by atoms with Gasteiger partial charge in [0.05, 0.1) is 0 Å². The maximum atomic E-state index is 3.78. The van der Waals surface area contributed by atoms with Crippen LogP contribution in [0.4, 0.5) is 0 Å². The minimum atomic E-state index is 0.555. The van der Waals surface area contributed by atoms with Crippen LogP contribution in [0.25, 0.3) is 0 Å². The molecule has 2 heteroatoms. The van der Waals surface area contributed by atoms with Gasteiger partial charge in [0.15, 0.2) is 0 Å². The van der Waals surface area contributed by atoms with Crippen molar-refractivity contribution in [2.45, 2.75) is 39.7 Å². The second-order valence-electron chi connectivity index (χ2n) is 5.42. The Labute approximate surface area is 116 Å². The van der Waals surface area contributed by atoms with E-state index in [1.165, 1.54) is 41.0 Å². The lowest BCUT2D eigenvalue weighted by atomic mass is 9.89. The monoisotopic (exact) mass is 263 g/mol. The smallest absolute Gasteiger partial charge is 0.0359 e. The van der Waals surface area contributed by atoms with Gasteiger partial charge >= 0.3 is 0 Å². The quantitative estimate of drug-likeness (QED) is 0.858. The van der Waals surface area contributed by atoms with Crippen LogP contribution in [0.3, 0.4) is 0 Å². The third kappa shape index (κ3) is 3.30. The Kier molecular flexibility index (Phi) is 5.13. The first-order valence-corrected chi connectivity index (χ1v) is 8.26. The first kappa shape index (κ1) is 14.0. The van der Waals surface area contributed by atoms with Crippen LogP contribution in [0.2, 0.25) is 0 Å². The van der Waals surface area contributed by atoms with Gasteiger partial charge in [0.1, 0.15) is 0 Å². The Morgan fingerprint density at radius 3 is 2.89 bits per heavy atom. The Morgan fingerprint density at radius 2 is 2.22 bits per heavy atom. The summed E-state index contributed by atoms with van der Waals surface area (Å²) in [6.45, 7) is 7.82. The average Bonchev–Trinajstić information content (AvgIpc) is 2.88. The number of hydrogen-bond acceptors (Lipinski definition) is 2. The number of aryl methyl sites for hydroxylation is 2. The highest BCUT2D eigenvalue weighted by Crippen LogP contribution is 2.35. The summed E-state index contributed by atoms with van der Waals surface area (Å²) < 4.78 is 0. The number of hydrogen-bond donors (Lipinski definition) is 1. The molecule has 2 unspecified atom stereocenters. The topological polar surface area (TPSA) is 12.0 Å². The van der Waals surface area contributed by atoms with Crippen LogP contribution in [0.1, 0.15) is 42.5 Å². The molecule has 2 atom stereocenters. The third-order valence-electron chi connectivity index (χ3n) is 3.82. The molecule has 1 saturated heterocycles. The van der Waals surface area contributed by atoms with Crippen molar-refractivity contribution in [3.05, 3.63) is 34.9 Å². The summed E-state index contributed by atoms with van der Waals surface area (Å²) in [5.41, 5.74) is 4.34. The third-order valence-corrected chi connectivity index (χ3v) is 5.01. The van der Waals surface area contributed by atoms with Crippen molar-refractivity contribution >= 4 is 11.8 Å². The molecule has 1 fully saturated rings. The van der Waals surface area contributed by atoms with Gasteiger partial charge in [-0.05, 0) is 61.8 Å². The fourth-order valence-electron chi connectivity index (χ4n) is 2.74. The van der Waals surface area contributed by atoms with Gasteiger partial charge in [0, 0.05) is 6.04 Å². The maximum Gasteiger partial charge on any atom is 0.0359 e. The summed E-state index contributed by atoms with van der Waals surface area (Å²) in [6, 6.07) is 7.43. The predicted molar refractivity (Wildman–Crippen MR) is 82.4 cm³/mol. The lowest BCUT2D eigenvalue weighted by molar-refractivity contribution is 0.392. The van der Waals surface area contributed by atoms with E-state index in [1.807, 2.05) is 0 Å². The molecule has 1 N–H and O–H groups in total. The molecule has 1 aliphatic heterocycles. The van der Waals surface area contributed by atoms with Crippen molar-refractivity contribution in [2.75, 3.05) is 18.1 Å². The molecule has 100 valence electrons. The first-order chi connectivity index (χ1) is 8.72. The van der Waals surface area contributed by atoms with E-state index in [9.17, 15) is 0 Å². The van der Waals surface area contributed by atoms with Crippen molar-refractivity contribution in [1.82, 2.24) is 5.32 Å². The van der Waals surface area contributed by atoms with Crippen LogP contribution in [-0.4, -0.2) is 18.1 Å². The van der Waals surface area contributed by atoms with Crippen LogP contribution < -0.4 is 5.32 Å². The lowest BCUT2D eigenvalue weighted by Crippen LogP contribution is -2.29. The standard InChI is InChI=1S/C16H25NS/c1-4-8-17-16(14-7-9-18-11-14)15-10-12(2)5-6-13(15)3/h5-6,10,14,16-17H,4,7-9,11H2,1-3H3. The van der Waals surface area contributed by atoms with E-state index < -0.39 is 0 Å². The van der Waals surface area contributed by atoms with Crippen molar-refractivity contribution < 1.29 is 0 Å².